The maximum atomic E-state index is 13.0. The molecule has 0 amide bonds. The Morgan fingerprint density at radius 2 is 1.77 bits per heavy atom. The third-order valence-corrected chi connectivity index (χ3v) is 7.50. The van der Waals surface area contributed by atoms with Gasteiger partial charge < -0.3 is 4.57 Å². The van der Waals surface area contributed by atoms with Crippen LogP contribution in [-0.2, 0) is 35.8 Å². The molecule has 2 aromatic carbocycles. The maximum Gasteiger partial charge on any atom is 0.286 e. The van der Waals surface area contributed by atoms with E-state index in [1.54, 1.807) is 24.3 Å². The molecular formula is C22H23N5O2S. The van der Waals surface area contributed by atoms with Crippen LogP contribution >= 0.6 is 0 Å². The number of nitrogens with zero attached hydrogens (tertiary/aromatic N) is 5. The quantitative estimate of drug-likeness (QED) is 0.494. The number of fused-ring (bicyclic) bond motifs is 3. The van der Waals surface area contributed by atoms with Crippen molar-refractivity contribution >= 4 is 20.9 Å². The minimum absolute atomic E-state index is 0.186. The molecule has 0 bridgehead atoms. The summed E-state index contributed by atoms with van der Waals surface area (Å²) in [6.07, 6.45) is 4.99. The van der Waals surface area contributed by atoms with Gasteiger partial charge in [0.05, 0.1) is 4.90 Å². The maximum absolute atomic E-state index is 13.0. The van der Waals surface area contributed by atoms with Crippen molar-refractivity contribution in [2.45, 2.75) is 50.5 Å². The number of benzene rings is 2. The molecule has 2 heterocycles. The Labute approximate surface area is 175 Å². The summed E-state index contributed by atoms with van der Waals surface area (Å²) in [7, 11) is -3.82. The third kappa shape index (κ3) is 3.11. The van der Waals surface area contributed by atoms with E-state index in [1.807, 2.05) is 6.92 Å². The molecule has 8 heteroatoms. The zero-order valence-corrected chi connectivity index (χ0v) is 17.6. The van der Waals surface area contributed by atoms with E-state index < -0.39 is 10.0 Å². The molecule has 154 valence electrons. The summed E-state index contributed by atoms with van der Waals surface area (Å²) >= 11 is 0. The molecule has 5 rings (SSSR count). The van der Waals surface area contributed by atoms with Gasteiger partial charge in [0.2, 0.25) is 0 Å². The van der Waals surface area contributed by atoms with E-state index in [1.165, 1.54) is 35.0 Å². The predicted octanol–water partition coefficient (Wildman–Crippen LogP) is 3.29. The second-order valence-corrected chi connectivity index (χ2v) is 9.57. The summed E-state index contributed by atoms with van der Waals surface area (Å²) in [5.74, 6) is 0.345. The standard InChI is InChI=1S/C22H23N5O2S/c1-16-10-12-17(13-11-16)30(28,29)27-22(23-24-25-27)14-15-26-20-8-4-2-6-18(20)19-7-3-5-9-21(19)26/h2,4,6,8,10-13H,3,5,7,9,14-15H2,1H3. The summed E-state index contributed by atoms with van der Waals surface area (Å²) in [6, 6.07) is 15.2. The first kappa shape index (κ1) is 19.0. The van der Waals surface area contributed by atoms with Crippen molar-refractivity contribution < 1.29 is 8.42 Å². The Morgan fingerprint density at radius 1 is 1.00 bits per heavy atom. The van der Waals surface area contributed by atoms with Gasteiger partial charge in [-0.05, 0) is 66.8 Å². The lowest BCUT2D eigenvalue weighted by Gasteiger charge is -2.16. The van der Waals surface area contributed by atoms with Crippen LogP contribution in [0.2, 0.25) is 0 Å². The fourth-order valence-corrected chi connectivity index (χ4v) is 5.61. The highest BCUT2D eigenvalue weighted by molar-refractivity contribution is 7.89. The van der Waals surface area contributed by atoms with Gasteiger partial charge in [-0.1, -0.05) is 35.9 Å². The van der Waals surface area contributed by atoms with Crippen LogP contribution in [0.25, 0.3) is 10.9 Å². The van der Waals surface area contributed by atoms with Crippen molar-refractivity contribution in [1.29, 1.82) is 0 Å². The highest BCUT2D eigenvalue weighted by Gasteiger charge is 2.24. The van der Waals surface area contributed by atoms with Crippen molar-refractivity contribution in [2.75, 3.05) is 0 Å². The van der Waals surface area contributed by atoms with Crippen LogP contribution in [0.15, 0.2) is 53.4 Å². The fourth-order valence-electron chi connectivity index (χ4n) is 4.39. The molecule has 0 spiro atoms. The minimum atomic E-state index is -3.82. The van der Waals surface area contributed by atoms with Crippen LogP contribution < -0.4 is 0 Å². The van der Waals surface area contributed by atoms with Crippen molar-refractivity contribution in [3.8, 4) is 0 Å². The van der Waals surface area contributed by atoms with E-state index in [-0.39, 0.29) is 4.90 Å². The molecule has 0 radical (unpaired) electrons. The topological polar surface area (TPSA) is 82.7 Å². The van der Waals surface area contributed by atoms with Crippen molar-refractivity contribution in [3.05, 3.63) is 71.2 Å². The molecular weight excluding hydrogens is 398 g/mol. The summed E-state index contributed by atoms with van der Waals surface area (Å²) < 4.78 is 29.4. The number of aromatic nitrogens is 5. The van der Waals surface area contributed by atoms with Crippen LogP contribution in [0, 0.1) is 6.92 Å². The van der Waals surface area contributed by atoms with Gasteiger partial charge in [0, 0.05) is 29.6 Å². The monoisotopic (exact) mass is 421 g/mol. The van der Waals surface area contributed by atoms with Gasteiger partial charge in [-0.2, -0.15) is 8.42 Å². The molecule has 0 fully saturated rings. The summed E-state index contributed by atoms with van der Waals surface area (Å²) in [5.41, 5.74) is 4.99. The molecule has 30 heavy (non-hydrogen) atoms. The molecule has 7 nitrogen and oxygen atoms in total. The summed E-state index contributed by atoms with van der Waals surface area (Å²) in [4.78, 5) is 0.186. The highest BCUT2D eigenvalue weighted by atomic mass is 32.2. The van der Waals surface area contributed by atoms with Crippen molar-refractivity contribution in [1.82, 2.24) is 24.2 Å². The summed E-state index contributed by atoms with van der Waals surface area (Å²) in [5, 5.41) is 12.8. The number of hydrogen-bond acceptors (Lipinski definition) is 5. The summed E-state index contributed by atoms with van der Waals surface area (Å²) in [6.45, 7) is 2.56. The lowest BCUT2D eigenvalue weighted by molar-refractivity contribution is 0.567. The van der Waals surface area contributed by atoms with Gasteiger partial charge in [-0.3, -0.25) is 0 Å². The normalized spacial score (nSPS) is 14.2. The van der Waals surface area contributed by atoms with Gasteiger partial charge in [-0.15, -0.1) is 9.19 Å². The molecule has 0 saturated heterocycles. The van der Waals surface area contributed by atoms with E-state index in [4.69, 9.17) is 0 Å². The zero-order valence-electron chi connectivity index (χ0n) is 16.8. The second kappa shape index (κ2) is 7.36. The number of hydrogen-bond donors (Lipinski definition) is 0. The Kier molecular flexibility index (Phi) is 4.66. The van der Waals surface area contributed by atoms with Crippen LogP contribution in [0.5, 0.6) is 0 Å². The van der Waals surface area contributed by atoms with E-state index in [0.29, 0.717) is 18.8 Å². The van der Waals surface area contributed by atoms with E-state index >= 15 is 0 Å². The molecule has 4 aromatic rings. The molecule has 0 aliphatic heterocycles. The Morgan fingerprint density at radius 3 is 2.60 bits per heavy atom. The predicted molar refractivity (Wildman–Crippen MR) is 114 cm³/mol. The first-order valence-corrected chi connectivity index (χ1v) is 11.7. The van der Waals surface area contributed by atoms with E-state index in [2.05, 4.69) is 44.4 Å². The van der Waals surface area contributed by atoms with Crippen LogP contribution in [0.3, 0.4) is 0 Å². The Hall–Kier alpha value is -3.00. The molecule has 2 aromatic heterocycles. The van der Waals surface area contributed by atoms with E-state index in [0.717, 1.165) is 22.5 Å². The van der Waals surface area contributed by atoms with E-state index in [9.17, 15) is 8.42 Å². The number of para-hydroxylation sites is 1. The zero-order chi connectivity index (χ0) is 20.7. The molecule has 1 aliphatic carbocycles. The van der Waals surface area contributed by atoms with Gasteiger partial charge in [-0.25, -0.2) is 0 Å². The van der Waals surface area contributed by atoms with Crippen molar-refractivity contribution in [3.63, 3.8) is 0 Å². The minimum Gasteiger partial charge on any atom is -0.344 e. The average molecular weight is 422 g/mol. The average Bonchev–Trinajstić information content (AvgIpc) is 3.36. The first-order chi connectivity index (χ1) is 14.6. The van der Waals surface area contributed by atoms with Crippen LogP contribution in [0.4, 0.5) is 0 Å². The highest BCUT2D eigenvalue weighted by Crippen LogP contribution is 2.32. The molecule has 1 aliphatic rings. The van der Waals surface area contributed by atoms with Gasteiger partial charge in [0.1, 0.15) is 0 Å². The first-order valence-electron chi connectivity index (χ1n) is 10.2. The number of rotatable bonds is 5. The molecule has 0 unspecified atom stereocenters. The van der Waals surface area contributed by atoms with Crippen LogP contribution in [0.1, 0.15) is 35.5 Å². The molecule has 0 N–H and O–H groups in total. The molecule has 0 atom stereocenters. The Bertz CT molecular complexity index is 1320. The Balaban J connectivity index is 1.49. The smallest absolute Gasteiger partial charge is 0.286 e. The SMILES string of the molecule is Cc1ccc(S(=O)(=O)n2nnnc2CCn2c3c(c4ccccc42)CCCC3)cc1. The van der Waals surface area contributed by atoms with Crippen LogP contribution in [-0.4, -0.2) is 32.6 Å². The third-order valence-electron chi connectivity index (χ3n) is 5.89. The number of aryl methyl sites for hydroxylation is 4. The largest absolute Gasteiger partial charge is 0.344 e. The molecule has 0 saturated carbocycles. The van der Waals surface area contributed by atoms with Gasteiger partial charge in [0.25, 0.3) is 10.0 Å². The lowest BCUT2D eigenvalue weighted by atomic mass is 9.95. The number of tetrazole rings is 1. The van der Waals surface area contributed by atoms with Gasteiger partial charge in [0.15, 0.2) is 5.82 Å². The van der Waals surface area contributed by atoms with Gasteiger partial charge >= 0.3 is 0 Å². The van der Waals surface area contributed by atoms with Crippen molar-refractivity contribution in [2.24, 2.45) is 0 Å². The second-order valence-electron chi connectivity index (χ2n) is 7.81. The fraction of sp³-hybridized carbons (Fsp3) is 0.318. The lowest BCUT2D eigenvalue weighted by Crippen LogP contribution is -2.19.